The lowest BCUT2D eigenvalue weighted by molar-refractivity contribution is 0.139. The van der Waals surface area contributed by atoms with Crippen LogP contribution in [0.3, 0.4) is 0 Å². The van der Waals surface area contributed by atoms with E-state index in [1.807, 2.05) is 6.20 Å². The molecule has 0 N–H and O–H groups in total. The van der Waals surface area contributed by atoms with Crippen LogP contribution in [0.1, 0.15) is 79.6 Å². The fourth-order valence-corrected chi connectivity index (χ4v) is 6.36. The SMILES string of the molecule is C[Si](C)(C)OC(c1ccccc1)(c1ccccc1)c1nc2cnc1CCCCCCCCCC2. The number of aryl methyl sites for hydroxylation is 2. The van der Waals surface area contributed by atoms with Gasteiger partial charge in [-0.15, -0.1) is 0 Å². The summed E-state index contributed by atoms with van der Waals surface area (Å²) < 4.78 is 7.26. The maximum Gasteiger partial charge on any atom is 0.185 e. The van der Waals surface area contributed by atoms with Crippen molar-refractivity contribution < 1.29 is 4.43 Å². The Kier molecular flexibility index (Phi) is 8.33. The molecule has 180 valence electrons. The minimum atomic E-state index is -2.01. The van der Waals surface area contributed by atoms with Crippen LogP contribution in [0.15, 0.2) is 66.9 Å². The predicted octanol–water partition coefficient (Wildman–Crippen LogP) is 7.84. The number of benzene rings is 2. The molecule has 0 amide bonds. The van der Waals surface area contributed by atoms with Crippen molar-refractivity contribution in [1.82, 2.24) is 9.97 Å². The largest absolute Gasteiger partial charge is 0.399 e. The van der Waals surface area contributed by atoms with E-state index in [1.54, 1.807) is 0 Å². The molecule has 1 aromatic heterocycles. The van der Waals surface area contributed by atoms with Gasteiger partial charge in [-0.1, -0.05) is 99.2 Å². The second-order valence-corrected chi connectivity index (χ2v) is 15.0. The first-order valence-electron chi connectivity index (χ1n) is 13.2. The van der Waals surface area contributed by atoms with E-state index in [0.29, 0.717) is 0 Å². The molecule has 2 aliphatic rings. The van der Waals surface area contributed by atoms with Crippen molar-refractivity contribution in [2.45, 2.75) is 89.5 Å². The van der Waals surface area contributed by atoms with Crippen LogP contribution in [0.5, 0.6) is 0 Å². The molecule has 3 heterocycles. The summed E-state index contributed by atoms with van der Waals surface area (Å²) in [7, 11) is -2.01. The van der Waals surface area contributed by atoms with Gasteiger partial charge in [0.05, 0.1) is 11.4 Å². The zero-order chi connectivity index (χ0) is 23.9. The highest BCUT2D eigenvalue weighted by atomic mass is 28.4. The minimum absolute atomic E-state index is 0.762. The van der Waals surface area contributed by atoms with Crippen molar-refractivity contribution in [3.05, 3.63) is 95.1 Å². The molecular weight excluding hydrogens is 432 g/mol. The van der Waals surface area contributed by atoms with Crippen molar-refractivity contribution in [3.63, 3.8) is 0 Å². The molecule has 2 bridgehead atoms. The van der Waals surface area contributed by atoms with Gasteiger partial charge in [0, 0.05) is 6.20 Å². The van der Waals surface area contributed by atoms with E-state index >= 15 is 0 Å². The van der Waals surface area contributed by atoms with Gasteiger partial charge in [0.15, 0.2) is 13.9 Å². The van der Waals surface area contributed by atoms with Gasteiger partial charge in [-0.3, -0.25) is 9.97 Å². The third kappa shape index (κ3) is 6.03. The van der Waals surface area contributed by atoms with Crippen LogP contribution in [0, 0.1) is 0 Å². The summed E-state index contributed by atoms with van der Waals surface area (Å²) in [5, 5.41) is 0. The van der Waals surface area contributed by atoms with E-state index in [9.17, 15) is 0 Å². The maximum atomic E-state index is 7.26. The van der Waals surface area contributed by atoms with Crippen molar-refractivity contribution in [2.75, 3.05) is 0 Å². The summed E-state index contributed by atoms with van der Waals surface area (Å²) in [6.45, 7) is 6.82. The number of rotatable bonds is 5. The molecule has 5 rings (SSSR count). The van der Waals surface area contributed by atoms with Gasteiger partial charge in [0.1, 0.15) is 5.69 Å². The summed E-state index contributed by atoms with van der Waals surface area (Å²) >= 11 is 0. The van der Waals surface area contributed by atoms with Crippen LogP contribution in [-0.2, 0) is 22.9 Å². The van der Waals surface area contributed by atoms with Crippen LogP contribution in [-0.4, -0.2) is 18.3 Å². The Bertz CT molecular complexity index is 991. The molecule has 0 aliphatic carbocycles. The van der Waals surface area contributed by atoms with Crippen LogP contribution in [0.4, 0.5) is 0 Å². The van der Waals surface area contributed by atoms with Crippen LogP contribution >= 0.6 is 0 Å². The molecule has 3 aromatic rings. The monoisotopic (exact) mass is 472 g/mol. The van der Waals surface area contributed by atoms with Gasteiger partial charge in [0.2, 0.25) is 0 Å². The summed E-state index contributed by atoms with van der Waals surface area (Å²) in [6, 6.07) is 21.4. The Morgan fingerprint density at radius 2 is 1.18 bits per heavy atom. The van der Waals surface area contributed by atoms with Crippen LogP contribution < -0.4 is 0 Å². The van der Waals surface area contributed by atoms with E-state index in [0.717, 1.165) is 47.5 Å². The Balaban J connectivity index is 1.94. The highest BCUT2D eigenvalue weighted by molar-refractivity contribution is 6.69. The average Bonchev–Trinajstić information content (AvgIpc) is 2.85. The minimum Gasteiger partial charge on any atom is -0.399 e. The second-order valence-electron chi connectivity index (χ2n) is 10.6. The molecule has 0 radical (unpaired) electrons. The van der Waals surface area contributed by atoms with E-state index in [1.165, 1.54) is 44.9 Å². The first-order chi connectivity index (χ1) is 16.5. The quantitative estimate of drug-likeness (QED) is 0.355. The smallest absolute Gasteiger partial charge is 0.185 e. The Morgan fingerprint density at radius 3 is 1.71 bits per heavy atom. The van der Waals surface area contributed by atoms with E-state index in [2.05, 4.69) is 80.3 Å². The molecule has 0 spiro atoms. The Hall–Kier alpha value is -2.30. The normalized spacial score (nSPS) is 16.2. The molecule has 0 saturated carbocycles. The fourth-order valence-electron chi connectivity index (χ4n) is 5.11. The fraction of sp³-hybridized carbons (Fsp3) is 0.467. The summed E-state index contributed by atoms with van der Waals surface area (Å²) in [6.07, 6.45) is 14.2. The molecule has 2 aromatic carbocycles. The highest BCUT2D eigenvalue weighted by Crippen LogP contribution is 2.43. The second kappa shape index (κ2) is 11.4. The highest BCUT2D eigenvalue weighted by Gasteiger charge is 2.44. The third-order valence-corrected chi connectivity index (χ3v) is 7.57. The van der Waals surface area contributed by atoms with Crippen molar-refractivity contribution in [2.24, 2.45) is 0 Å². The van der Waals surface area contributed by atoms with Gasteiger partial charge in [0.25, 0.3) is 0 Å². The topological polar surface area (TPSA) is 35.0 Å². The van der Waals surface area contributed by atoms with Gasteiger partial charge in [-0.05, 0) is 56.5 Å². The molecule has 0 atom stereocenters. The molecule has 0 saturated heterocycles. The first-order valence-corrected chi connectivity index (χ1v) is 16.6. The van der Waals surface area contributed by atoms with Crippen LogP contribution in [0.25, 0.3) is 0 Å². The first kappa shape index (κ1) is 24.8. The Labute approximate surface area is 207 Å². The third-order valence-electron chi connectivity index (χ3n) is 6.65. The molecule has 3 nitrogen and oxygen atoms in total. The van der Waals surface area contributed by atoms with E-state index < -0.39 is 13.9 Å². The predicted molar refractivity (Wildman–Crippen MR) is 144 cm³/mol. The van der Waals surface area contributed by atoms with E-state index in [4.69, 9.17) is 14.4 Å². The van der Waals surface area contributed by atoms with Crippen molar-refractivity contribution in [1.29, 1.82) is 0 Å². The zero-order valence-corrected chi connectivity index (χ0v) is 22.2. The molecule has 0 fully saturated rings. The van der Waals surface area contributed by atoms with E-state index in [-0.39, 0.29) is 0 Å². The number of aromatic nitrogens is 2. The molecule has 34 heavy (non-hydrogen) atoms. The van der Waals surface area contributed by atoms with Gasteiger partial charge < -0.3 is 4.43 Å². The standard InChI is InChI=1S/C30H40N2OSi/c1-34(2,3)33-30(25-18-12-10-13-19-25,26-20-14-11-15-21-26)29-28-23-17-9-7-5-4-6-8-16-22-27(32-29)24-31-28/h10-15,18-21,24H,4-9,16-17,22-23H2,1-3H3. The number of fused-ring (bicyclic) bond motifs is 11. The number of hydrogen-bond donors (Lipinski definition) is 0. The lowest BCUT2D eigenvalue weighted by Gasteiger charge is -2.40. The maximum absolute atomic E-state index is 7.26. The van der Waals surface area contributed by atoms with Crippen molar-refractivity contribution >= 4 is 8.32 Å². The zero-order valence-electron chi connectivity index (χ0n) is 21.2. The molecule has 4 heteroatoms. The summed E-state index contributed by atoms with van der Waals surface area (Å²) in [4.78, 5) is 10.5. The molecule has 0 unspecified atom stereocenters. The van der Waals surface area contributed by atoms with Crippen molar-refractivity contribution in [3.8, 4) is 0 Å². The van der Waals surface area contributed by atoms with Gasteiger partial charge >= 0.3 is 0 Å². The molecular formula is C30H40N2OSi. The van der Waals surface area contributed by atoms with Gasteiger partial charge in [-0.2, -0.15) is 0 Å². The lowest BCUT2D eigenvalue weighted by atomic mass is 9.81. The lowest BCUT2D eigenvalue weighted by Crippen LogP contribution is -2.44. The van der Waals surface area contributed by atoms with Crippen LogP contribution in [0.2, 0.25) is 19.6 Å². The average molecular weight is 473 g/mol. The van der Waals surface area contributed by atoms with Gasteiger partial charge in [-0.25, -0.2) is 0 Å². The summed E-state index contributed by atoms with van der Waals surface area (Å²) in [5.74, 6) is 0. The molecule has 2 aliphatic heterocycles. The summed E-state index contributed by atoms with van der Waals surface area (Å²) in [5.41, 5.74) is 4.69. The Morgan fingerprint density at radius 1 is 0.676 bits per heavy atom. The number of nitrogens with zero attached hydrogens (tertiary/aromatic N) is 2. The number of hydrogen-bond acceptors (Lipinski definition) is 3.